The molecule has 0 aromatic carbocycles. The van der Waals surface area contributed by atoms with Gasteiger partial charge in [-0.15, -0.1) is 0 Å². The third kappa shape index (κ3) is 1.05. The van der Waals surface area contributed by atoms with E-state index in [4.69, 9.17) is 4.74 Å². The summed E-state index contributed by atoms with van der Waals surface area (Å²) >= 11 is 0. The van der Waals surface area contributed by atoms with E-state index in [-0.39, 0.29) is 5.91 Å². The second-order valence-electron chi connectivity index (χ2n) is 3.50. The van der Waals surface area contributed by atoms with E-state index in [2.05, 4.69) is 9.98 Å². The first-order valence-electron chi connectivity index (χ1n) is 4.69. The number of amides is 1. The zero-order chi connectivity index (χ0) is 10.4. The van der Waals surface area contributed by atoms with Crippen molar-refractivity contribution in [3.63, 3.8) is 0 Å². The van der Waals surface area contributed by atoms with Crippen LogP contribution in [0.5, 0.6) is 0 Å². The Labute approximate surface area is 85.6 Å². The Morgan fingerprint density at radius 2 is 2.33 bits per heavy atom. The van der Waals surface area contributed by atoms with Crippen molar-refractivity contribution in [1.82, 2.24) is 4.98 Å². The van der Waals surface area contributed by atoms with Crippen molar-refractivity contribution in [2.45, 2.75) is 6.92 Å². The van der Waals surface area contributed by atoms with Gasteiger partial charge in [-0.2, -0.15) is 4.99 Å². The van der Waals surface area contributed by atoms with Gasteiger partial charge in [-0.1, -0.05) is 0 Å². The highest BCUT2D eigenvalue weighted by Gasteiger charge is 2.25. The van der Waals surface area contributed by atoms with E-state index in [0.717, 1.165) is 10.8 Å². The van der Waals surface area contributed by atoms with Crippen molar-refractivity contribution < 1.29 is 9.53 Å². The maximum atomic E-state index is 11.6. The average Bonchev–Trinajstić information content (AvgIpc) is 2.66. The minimum atomic E-state index is -0.256. The molecule has 2 aliphatic rings. The van der Waals surface area contributed by atoms with Crippen molar-refractivity contribution in [2.75, 3.05) is 6.61 Å². The molecule has 15 heavy (non-hydrogen) atoms. The van der Waals surface area contributed by atoms with Gasteiger partial charge in [0.05, 0.1) is 10.8 Å². The Balaban J connectivity index is 2.55. The Morgan fingerprint density at radius 3 is 3.20 bits per heavy atom. The van der Waals surface area contributed by atoms with Gasteiger partial charge in [0.1, 0.15) is 12.4 Å². The Kier molecular flexibility index (Phi) is 1.54. The second-order valence-corrected chi connectivity index (χ2v) is 3.50. The maximum absolute atomic E-state index is 11.6. The third-order valence-corrected chi connectivity index (χ3v) is 2.56. The molecule has 3 rings (SSSR count). The quantitative estimate of drug-likeness (QED) is 0.573. The maximum Gasteiger partial charge on any atom is 0.282 e. The predicted molar refractivity (Wildman–Crippen MR) is 52.2 cm³/mol. The predicted octanol–water partition coefficient (Wildman–Crippen LogP) is -0.385. The summed E-state index contributed by atoms with van der Waals surface area (Å²) in [6, 6.07) is 1.89. The van der Waals surface area contributed by atoms with Gasteiger partial charge in [0, 0.05) is 6.20 Å². The lowest BCUT2D eigenvalue weighted by atomic mass is 10.1. The molecule has 0 N–H and O–H groups in total. The van der Waals surface area contributed by atoms with Crippen LogP contribution in [0.1, 0.15) is 5.56 Å². The summed E-state index contributed by atoms with van der Waals surface area (Å²) in [6.45, 7) is 2.40. The Bertz CT molecular complexity index is 614. The van der Waals surface area contributed by atoms with E-state index in [9.17, 15) is 4.79 Å². The molecular weight excluding hydrogens is 192 g/mol. The molecule has 0 atom stereocenters. The van der Waals surface area contributed by atoms with Crippen LogP contribution in [0, 0.1) is 6.92 Å². The molecule has 1 aromatic heterocycles. The molecule has 3 heterocycles. The molecule has 0 aliphatic carbocycles. The zero-order valence-electron chi connectivity index (χ0n) is 8.15. The number of hydrogen-bond acceptors (Lipinski definition) is 3. The van der Waals surface area contributed by atoms with Gasteiger partial charge in [0.15, 0.2) is 5.49 Å². The van der Waals surface area contributed by atoms with Gasteiger partial charge >= 0.3 is 0 Å². The first-order valence-corrected chi connectivity index (χ1v) is 4.69. The van der Waals surface area contributed by atoms with Crippen LogP contribution in [0.2, 0.25) is 0 Å². The summed E-state index contributed by atoms with van der Waals surface area (Å²) in [4.78, 5) is 19.6. The number of pyridine rings is 1. The van der Waals surface area contributed by atoms with Crippen LogP contribution in [0.25, 0.3) is 5.76 Å². The number of fused-ring (bicyclic) bond motifs is 2. The van der Waals surface area contributed by atoms with Crippen LogP contribution in [0.3, 0.4) is 0 Å². The fourth-order valence-electron chi connectivity index (χ4n) is 1.84. The fourth-order valence-corrected chi connectivity index (χ4v) is 1.84. The van der Waals surface area contributed by atoms with Crippen molar-refractivity contribution in [2.24, 2.45) is 4.99 Å². The Hall–Kier alpha value is -1.97. The topological polar surface area (TPSA) is 51.5 Å². The van der Waals surface area contributed by atoms with Gasteiger partial charge in [0.2, 0.25) is 0 Å². The number of ether oxygens (including phenoxy) is 1. The van der Waals surface area contributed by atoms with Crippen molar-refractivity contribution in [1.29, 1.82) is 0 Å². The number of aromatic nitrogens is 1. The zero-order valence-corrected chi connectivity index (χ0v) is 8.15. The molecule has 0 radical (unpaired) electrons. The van der Waals surface area contributed by atoms with Crippen LogP contribution < -0.4 is 10.7 Å². The standard InChI is InChI=1S/C11H8N2O2/c1-6-2-4-12-10-8(6)9-7(3-5-15-9)11(14)13-10/h2-4H,5H2,1H3. The first kappa shape index (κ1) is 8.35. The van der Waals surface area contributed by atoms with Crippen LogP contribution >= 0.6 is 0 Å². The average molecular weight is 200 g/mol. The second kappa shape index (κ2) is 2.76. The lowest BCUT2D eigenvalue weighted by molar-refractivity contribution is -0.114. The molecule has 0 saturated heterocycles. The lowest BCUT2D eigenvalue weighted by Gasteiger charge is -2.08. The van der Waals surface area contributed by atoms with E-state index in [1.807, 2.05) is 13.0 Å². The van der Waals surface area contributed by atoms with Gasteiger partial charge in [-0.3, -0.25) is 4.79 Å². The van der Waals surface area contributed by atoms with Crippen LogP contribution in [-0.4, -0.2) is 17.5 Å². The number of rotatable bonds is 0. The van der Waals surface area contributed by atoms with Crippen LogP contribution in [0.15, 0.2) is 28.9 Å². The highest BCUT2D eigenvalue weighted by molar-refractivity contribution is 6.06. The van der Waals surface area contributed by atoms with Crippen molar-refractivity contribution in [3.05, 3.63) is 40.2 Å². The minimum absolute atomic E-state index is 0.256. The Morgan fingerprint density at radius 1 is 1.47 bits per heavy atom. The minimum Gasteiger partial charge on any atom is -0.488 e. The van der Waals surface area contributed by atoms with E-state index >= 15 is 0 Å². The summed E-state index contributed by atoms with van der Waals surface area (Å²) in [7, 11) is 0. The van der Waals surface area contributed by atoms with E-state index in [1.165, 1.54) is 0 Å². The molecule has 0 bridgehead atoms. The molecule has 0 saturated carbocycles. The normalized spacial score (nSPS) is 17.5. The number of nitrogens with zero attached hydrogens (tertiary/aromatic N) is 2. The summed E-state index contributed by atoms with van der Waals surface area (Å²) in [5, 5.41) is 0.848. The SMILES string of the molecule is Cc1ccnc2c1=C1OCC=C1C(=O)N=2. The molecule has 4 nitrogen and oxygen atoms in total. The van der Waals surface area contributed by atoms with Gasteiger partial charge in [-0.05, 0) is 24.6 Å². The smallest absolute Gasteiger partial charge is 0.282 e. The van der Waals surface area contributed by atoms with Gasteiger partial charge in [-0.25, -0.2) is 4.98 Å². The van der Waals surface area contributed by atoms with Crippen LogP contribution in [-0.2, 0) is 9.53 Å². The molecule has 1 amide bonds. The number of carbonyl (C=O) groups is 1. The highest BCUT2D eigenvalue weighted by Crippen LogP contribution is 2.20. The summed E-state index contributed by atoms with van der Waals surface area (Å²) in [5.41, 5.74) is 2.06. The van der Waals surface area contributed by atoms with E-state index in [1.54, 1.807) is 12.3 Å². The number of hydrogen-bond donors (Lipinski definition) is 0. The molecule has 0 fully saturated rings. The van der Waals surface area contributed by atoms with Crippen molar-refractivity contribution in [3.8, 4) is 0 Å². The van der Waals surface area contributed by atoms with Gasteiger partial charge in [0.25, 0.3) is 5.91 Å². The van der Waals surface area contributed by atoms with Gasteiger partial charge < -0.3 is 4.74 Å². The van der Waals surface area contributed by atoms with Crippen molar-refractivity contribution >= 4 is 11.7 Å². The van der Waals surface area contributed by atoms with E-state index in [0.29, 0.717) is 23.4 Å². The van der Waals surface area contributed by atoms with Crippen LogP contribution in [0.4, 0.5) is 0 Å². The fraction of sp³-hybridized carbons (Fsp3) is 0.182. The molecule has 0 unspecified atom stereocenters. The third-order valence-electron chi connectivity index (χ3n) is 2.56. The molecule has 74 valence electrons. The molecule has 2 aliphatic heterocycles. The molecule has 4 heteroatoms. The molecule has 1 aromatic rings. The number of aryl methyl sites for hydroxylation is 1. The molecule has 0 spiro atoms. The largest absolute Gasteiger partial charge is 0.488 e. The number of carbonyl (C=O) groups excluding carboxylic acids is 1. The van der Waals surface area contributed by atoms with E-state index < -0.39 is 0 Å². The monoisotopic (exact) mass is 200 g/mol. The summed E-state index contributed by atoms with van der Waals surface area (Å²) in [5.74, 6) is 0.378. The summed E-state index contributed by atoms with van der Waals surface area (Å²) < 4.78 is 5.44. The summed E-state index contributed by atoms with van der Waals surface area (Å²) in [6.07, 6.45) is 3.41. The lowest BCUT2D eigenvalue weighted by Crippen LogP contribution is -2.38. The first-order chi connectivity index (χ1) is 7.27. The molecular formula is C11H8N2O2. The highest BCUT2D eigenvalue weighted by atomic mass is 16.5.